The highest BCUT2D eigenvalue weighted by molar-refractivity contribution is 7.82. The third-order valence-corrected chi connectivity index (χ3v) is 4.40. The molecule has 5 heteroatoms. The molecule has 3 nitrogen and oxygen atoms in total. The Morgan fingerprint density at radius 3 is 1.56 bits per heavy atom. The predicted molar refractivity (Wildman–Crippen MR) is 118 cm³/mol. The van der Waals surface area contributed by atoms with Crippen LogP contribution in [0.1, 0.15) is 12.5 Å². The van der Waals surface area contributed by atoms with E-state index in [9.17, 15) is 0 Å². The smallest absolute Gasteiger partial charge is 0.277 e. The number of aryl methyl sites for hydroxylation is 1. The number of ether oxygens (including phenoxy) is 2. The second-order valence-corrected chi connectivity index (χ2v) is 6.42. The summed E-state index contributed by atoms with van der Waals surface area (Å²) in [5.74, 6) is 1.28. The van der Waals surface area contributed by atoms with Gasteiger partial charge in [-0.15, -0.1) is 0 Å². The van der Waals surface area contributed by atoms with E-state index in [0.717, 1.165) is 12.1 Å². The predicted octanol–water partition coefficient (Wildman–Crippen LogP) is 5.78. The van der Waals surface area contributed by atoms with E-state index >= 15 is 0 Å². The summed E-state index contributed by atoms with van der Waals surface area (Å²) < 4.78 is 11.7. The molecule has 0 saturated heterocycles. The van der Waals surface area contributed by atoms with E-state index in [1.807, 2.05) is 84.9 Å². The maximum atomic E-state index is 5.84. The van der Waals surface area contributed by atoms with Crippen LogP contribution in [-0.4, -0.2) is 10.3 Å². The van der Waals surface area contributed by atoms with Gasteiger partial charge in [-0.05, 0) is 72.8 Å². The Bertz CT molecular complexity index is 843. The zero-order valence-corrected chi connectivity index (χ0v) is 16.5. The first-order valence-corrected chi connectivity index (χ1v) is 9.42. The molecule has 0 aliphatic carbocycles. The van der Waals surface area contributed by atoms with Gasteiger partial charge in [0.25, 0.3) is 10.3 Å². The van der Waals surface area contributed by atoms with Crippen LogP contribution >= 0.6 is 24.4 Å². The third-order valence-electron chi connectivity index (χ3n) is 3.86. The van der Waals surface area contributed by atoms with Crippen LogP contribution in [0, 0.1) is 0 Å². The quantitative estimate of drug-likeness (QED) is 0.522. The average Bonchev–Trinajstić information content (AvgIpc) is 2.70. The van der Waals surface area contributed by atoms with Gasteiger partial charge in [0.15, 0.2) is 0 Å². The SMILES string of the molecule is CCc1ccc(N(C(=S)Oc2ccccc2)C(=S)Oc2ccccc2)cc1. The maximum Gasteiger partial charge on any atom is 0.277 e. The third kappa shape index (κ3) is 5.12. The molecule has 0 unspecified atom stereocenters. The normalized spacial score (nSPS) is 10.1. The molecule has 136 valence electrons. The summed E-state index contributed by atoms with van der Waals surface area (Å²) in [6, 6.07) is 26.7. The summed E-state index contributed by atoms with van der Waals surface area (Å²) in [4.78, 5) is 1.62. The first-order valence-electron chi connectivity index (χ1n) is 8.60. The molecule has 0 radical (unpaired) electrons. The van der Waals surface area contributed by atoms with Gasteiger partial charge in [-0.3, -0.25) is 0 Å². The highest BCUT2D eigenvalue weighted by Crippen LogP contribution is 2.21. The highest BCUT2D eigenvalue weighted by Gasteiger charge is 2.21. The van der Waals surface area contributed by atoms with Crippen LogP contribution in [0.25, 0.3) is 0 Å². The second-order valence-electron chi connectivity index (χ2n) is 5.72. The van der Waals surface area contributed by atoms with Crippen molar-refractivity contribution >= 4 is 40.5 Å². The molecule has 3 aromatic carbocycles. The Balaban J connectivity index is 1.87. The molecule has 0 saturated carbocycles. The van der Waals surface area contributed by atoms with Gasteiger partial charge < -0.3 is 9.47 Å². The van der Waals surface area contributed by atoms with Crippen molar-refractivity contribution in [2.75, 3.05) is 4.90 Å². The number of thiocarbonyl (C=S) groups is 2. The van der Waals surface area contributed by atoms with E-state index in [4.69, 9.17) is 33.9 Å². The minimum atomic E-state index is 0.200. The summed E-state index contributed by atoms with van der Waals surface area (Å²) in [6.45, 7) is 2.11. The Labute approximate surface area is 170 Å². The molecule has 3 aromatic rings. The Hall–Kier alpha value is -2.76. The molecule has 0 aliphatic rings. The topological polar surface area (TPSA) is 21.7 Å². The molecule has 3 rings (SSSR count). The minimum absolute atomic E-state index is 0.200. The van der Waals surface area contributed by atoms with E-state index in [0.29, 0.717) is 11.5 Å². The van der Waals surface area contributed by atoms with E-state index in [-0.39, 0.29) is 10.3 Å². The van der Waals surface area contributed by atoms with Crippen LogP contribution in [0.5, 0.6) is 11.5 Å². The molecule has 0 N–H and O–H groups in total. The minimum Gasteiger partial charge on any atom is -0.431 e. The molecule has 0 fully saturated rings. The van der Waals surface area contributed by atoms with Crippen molar-refractivity contribution in [2.24, 2.45) is 0 Å². The monoisotopic (exact) mass is 393 g/mol. The molecule has 0 atom stereocenters. The summed E-state index contributed by atoms with van der Waals surface area (Å²) >= 11 is 11.1. The molecule has 27 heavy (non-hydrogen) atoms. The number of anilines is 1. The average molecular weight is 394 g/mol. The second kappa shape index (κ2) is 9.26. The molecular weight excluding hydrogens is 374 g/mol. The lowest BCUT2D eigenvalue weighted by Gasteiger charge is -2.25. The van der Waals surface area contributed by atoms with Crippen molar-refractivity contribution in [3.05, 3.63) is 90.5 Å². The Morgan fingerprint density at radius 1 is 0.704 bits per heavy atom. The number of nitrogens with zero attached hydrogens (tertiary/aromatic N) is 1. The molecular formula is C22H19NO2S2. The van der Waals surface area contributed by atoms with Gasteiger partial charge in [0.2, 0.25) is 0 Å². The van der Waals surface area contributed by atoms with Gasteiger partial charge >= 0.3 is 0 Å². The number of benzene rings is 3. The van der Waals surface area contributed by atoms with Crippen molar-refractivity contribution in [1.82, 2.24) is 0 Å². The molecule has 0 spiro atoms. The maximum absolute atomic E-state index is 5.84. The van der Waals surface area contributed by atoms with Crippen molar-refractivity contribution in [3.63, 3.8) is 0 Å². The van der Waals surface area contributed by atoms with Gasteiger partial charge in [0.1, 0.15) is 11.5 Å². The summed E-state index contributed by atoms with van der Waals surface area (Å²) in [6.07, 6.45) is 0.955. The van der Waals surface area contributed by atoms with E-state index in [2.05, 4.69) is 6.92 Å². The van der Waals surface area contributed by atoms with Gasteiger partial charge in [-0.2, -0.15) is 0 Å². The number of para-hydroxylation sites is 2. The van der Waals surface area contributed by atoms with Gasteiger partial charge in [-0.1, -0.05) is 55.5 Å². The van der Waals surface area contributed by atoms with Gasteiger partial charge in [0.05, 0.1) is 5.69 Å². The Kier molecular flexibility index (Phi) is 6.52. The van der Waals surface area contributed by atoms with Crippen molar-refractivity contribution < 1.29 is 9.47 Å². The molecule has 0 aromatic heterocycles. The van der Waals surface area contributed by atoms with Crippen molar-refractivity contribution in [2.45, 2.75) is 13.3 Å². The largest absolute Gasteiger partial charge is 0.431 e. The van der Waals surface area contributed by atoms with Gasteiger partial charge in [-0.25, -0.2) is 4.90 Å². The van der Waals surface area contributed by atoms with Gasteiger partial charge in [0, 0.05) is 0 Å². The molecule has 0 aliphatic heterocycles. The number of hydrogen-bond acceptors (Lipinski definition) is 4. The molecule has 0 amide bonds. The lowest BCUT2D eigenvalue weighted by atomic mass is 10.1. The van der Waals surface area contributed by atoms with Crippen LogP contribution in [0.3, 0.4) is 0 Å². The highest BCUT2D eigenvalue weighted by atomic mass is 32.1. The molecule has 0 bridgehead atoms. The van der Waals surface area contributed by atoms with E-state index < -0.39 is 0 Å². The van der Waals surface area contributed by atoms with Crippen LogP contribution < -0.4 is 14.4 Å². The number of hydrogen-bond donors (Lipinski definition) is 0. The lowest BCUT2D eigenvalue weighted by Crippen LogP contribution is -2.40. The zero-order chi connectivity index (χ0) is 19.1. The zero-order valence-electron chi connectivity index (χ0n) is 14.9. The summed E-state index contributed by atoms with van der Waals surface area (Å²) in [7, 11) is 0. The fourth-order valence-corrected chi connectivity index (χ4v) is 3.06. The Morgan fingerprint density at radius 2 is 1.15 bits per heavy atom. The summed E-state index contributed by atoms with van der Waals surface area (Å²) in [5, 5.41) is 0.401. The van der Waals surface area contributed by atoms with E-state index in [1.54, 1.807) is 4.90 Å². The fraction of sp³-hybridized carbons (Fsp3) is 0.0909. The van der Waals surface area contributed by atoms with E-state index in [1.165, 1.54) is 5.56 Å². The molecule has 0 heterocycles. The van der Waals surface area contributed by atoms with Crippen molar-refractivity contribution in [3.8, 4) is 11.5 Å². The standard InChI is InChI=1S/C22H19NO2S2/c1-2-17-13-15-18(16-14-17)23(21(26)24-19-9-5-3-6-10-19)22(27)25-20-11-7-4-8-12-20/h3-16H,2H2,1H3. The van der Waals surface area contributed by atoms with Crippen molar-refractivity contribution in [1.29, 1.82) is 0 Å². The summed E-state index contributed by atoms with van der Waals surface area (Å²) in [5.41, 5.74) is 2.01. The first kappa shape index (κ1) is 19.0. The van der Waals surface area contributed by atoms with Crippen LogP contribution in [0.15, 0.2) is 84.9 Å². The van der Waals surface area contributed by atoms with Crippen LogP contribution in [0.4, 0.5) is 5.69 Å². The fourth-order valence-electron chi connectivity index (χ4n) is 2.44. The van der Waals surface area contributed by atoms with Crippen LogP contribution in [0.2, 0.25) is 0 Å². The lowest BCUT2D eigenvalue weighted by molar-refractivity contribution is 0.530. The first-order chi connectivity index (χ1) is 13.2. The van der Waals surface area contributed by atoms with Crippen LogP contribution in [-0.2, 0) is 6.42 Å². The number of rotatable bonds is 4.